The van der Waals surface area contributed by atoms with E-state index in [9.17, 15) is 4.57 Å². The van der Waals surface area contributed by atoms with Crippen molar-refractivity contribution >= 4 is 7.14 Å². The molecular weight excluding hydrogens is 155 g/mol. The molecule has 0 heterocycles. The van der Waals surface area contributed by atoms with Gasteiger partial charge < -0.3 is 4.57 Å². The molecule has 1 nitrogen and oxygen atoms in total. The van der Waals surface area contributed by atoms with Gasteiger partial charge in [-0.3, -0.25) is 0 Å². The van der Waals surface area contributed by atoms with Gasteiger partial charge in [0.25, 0.3) is 0 Å². The lowest BCUT2D eigenvalue weighted by atomic mass is 10.4. The third kappa shape index (κ3) is 4.06. The Hall–Kier alpha value is -0.470. The van der Waals surface area contributed by atoms with Crippen LogP contribution < -0.4 is 0 Å². The van der Waals surface area contributed by atoms with Crippen molar-refractivity contribution in [3.05, 3.63) is 12.2 Å². The summed E-state index contributed by atoms with van der Waals surface area (Å²) in [6, 6.07) is 0. The normalized spacial score (nSPS) is 10.1. The lowest BCUT2D eigenvalue weighted by Gasteiger charge is -2.03. The maximum atomic E-state index is 11.6. The minimum atomic E-state index is -2.16. The lowest BCUT2D eigenvalue weighted by Crippen LogP contribution is -1.84. The maximum absolute atomic E-state index is 11.6. The molecule has 11 heavy (non-hydrogen) atoms. The Bertz CT molecular complexity index is 234. The summed E-state index contributed by atoms with van der Waals surface area (Å²) in [6.45, 7) is 9.28. The van der Waals surface area contributed by atoms with Crippen LogP contribution in [0.3, 0.4) is 0 Å². The molecule has 0 spiro atoms. The third-order valence-electron chi connectivity index (χ3n) is 1.49. The molecule has 0 fully saturated rings. The van der Waals surface area contributed by atoms with Crippen LogP contribution in [0.1, 0.15) is 20.8 Å². The van der Waals surface area contributed by atoms with E-state index in [2.05, 4.69) is 18.2 Å². The molecule has 0 amide bonds. The summed E-state index contributed by atoms with van der Waals surface area (Å²) >= 11 is 0. The van der Waals surface area contributed by atoms with Gasteiger partial charge in [0.2, 0.25) is 0 Å². The zero-order chi connectivity index (χ0) is 8.91. The first-order valence-corrected chi connectivity index (χ1v) is 5.88. The lowest BCUT2D eigenvalue weighted by molar-refractivity contribution is 0.583. The smallest absolute Gasteiger partial charge is 0.154 e. The topological polar surface area (TPSA) is 17.1 Å². The van der Waals surface area contributed by atoms with Crippen molar-refractivity contribution in [1.29, 1.82) is 0 Å². The molecule has 0 aliphatic heterocycles. The van der Waals surface area contributed by atoms with E-state index < -0.39 is 7.14 Å². The van der Waals surface area contributed by atoms with Gasteiger partial charge in [0, 0.05) is 12.3 Å². The molecule has 0 rings (SSSR count). The van der Waals surface area contributed by atoms with Crippen molar-refractivity contribution in [2.24, 2.45) is 0 Å². The molecule has 0 aliphatic carbocycles. The van der Waals surface area contributed by atoms with Crippen LogP contribution in [0.5, 0.6) is 0 Å². The van der Waals surface area contributed by atoms with Gasteiger partial charge in [-0.05, 0) is 18.2 Å². The van der Waals surface area contributed by atoms with Gasteiger partial charge in [0.1, 0.15) is 0 Å². The second kappa shape index (κ2) is 4.42. The molecule has 0 bridgehead atoms. The van der Waals surface area contributed by atoms with Crippen LogP contribution in [0.25, 0.3) is 0 Å². The highest BCUT2D eigenvalue weighted by molar-refractivity contribution is 7.68. The van der Waals surface area contributed by atoms with Crippen LogP contribution in [0.15, 0.2) is 12.2 Å². The molecule has 0 unspecified atom stereocenters. The zero-order valence-corrected chi connectivity index (χ0v) is 8.37. The number of hydrogen-bond donors (Lipinski definition) is 0. The van der Waals surface area contributed by atoms with Gasteiger partial charge in [-0.1, -0.05) is 26.3 Å². The fourth-order valence-corrected chi connectivity index (χ4v) is 1.74. The summed E-state index contributed by atoms with van der Waals surface area (Å²) < 4.78 is 11.6. The van der Waals surface area contributed by atoms with Gasteiger partial charge in [-0.2, -0.15) is 0 Å². The van der Waals surface area contributed by atoms with Gasteiger partial charge in [0.05, 0.1) is 0 Å². The van der Waals surface area contributed by atoms with E-state index in [0.29, 0.717) is 12.3 Å². The Morgan fingerprint density at radius 3 is 2.18 bits per heavy atom. The van der Waals surface area contributed by atoms with Gasteiger partial charge in [-0.25, -0.2) is 0 Å². The highest BCUT2D eigenvalue weighted by Gasteiger charge is 2.11. The third-order valence-corrected chi connectivity index (χ3v) is 4.06. The van der Waals surface area contributed by atoms with Gasteiger partial charge >= 0.3 is 0 Å². The zero-order valence-electron chi connectivity index (χ0n) is 7.48. The second-order valence-corrected chi connectivity index (χ2v) is 5.81. The Labute approximate surface area is 69.3 Å². The minimum absolute atomic E-state index is 0.670. The molecule has 0 N–H and O–H groups in total. The summed E-state index contributed by atoms with van der Waals surface area (Å²) in [5, 5.41) is 0. The average Bonchev–Trinajstić information content (AvgIpc) is 2.00. The van der Waals surface area contributed by atoms with Gasteiger partial charge in [0.15, 0.2) is 7.14 Å². The summed E-state index contributed by atoms with van der Waals surface area (Å²) in [7, 11) is -2.16. The summed E-state index contributed by atoms with van der Waals surface area (Å²) in [6.07, 6.45) is 1.34. The molecular formula is C9H15OP. The highest BCUT2D eigenvalue weighted by atomic mass is 31.2. The Morgan fingerprint density at radius 2 is 1.91 bits per heavy atom. The van der Waals surface area contributed by atoms with Crippen molar-refractivity contribution in [3.63, 3.8) is 0 Å². The maximum Gasteiger partial charge on any atom is 0.154 e. The molecule has 0 saturated carbocycles. The predicted octanol–water partition coefficient (Wildman–Crippen LogP) is 2.93. The van der Waals surface area contributed by atoms with Crippen molar-refractivity contribution in [3.8, 4) is 11.6 Å². The van der Waals surface area contributed by atoms with E-state index in [1.54, 1.807) is 0 Å². The van der Waals surface area contributed by atoms with E-state index >= 15 is 0 Å². The van der Waals surface area contributed by atoms with Crippen molar-refractivity contribution < 1.29 is 4.57 Å². The fraction of sp³-hybridized carbons (Fsp3) is 0.556. The summed E-state index contributed by atoms with van der Waals surface area (Å²) in [4.78, 5) is 0. The van der Waals surface area contributed by atoms with Gasteiger partial charge in [-0.15, -0.1) is 0 Å². The van der Waals surface area contributed by atoms with Crippen LogP contribution in [0.4, 0.5) is 0 Å². The van der Waals surface area contributed by atoms with E-state index in [1.165, 1.54) is 0 Å². The Kier molecular flexibility index (Phi) is 4.23. The molecule has 0 atom stereocenters. The predicted molar refractivity (Wildman–Crippen MR) is 51.3 cm³/mol. The van der Waals surface area contributed by atoms with Crippen LogP contribution in [-0.2, 0) is 4.57 Å². The Balaban J connectivity index is 4.47. The first kappa shape index (κ1) is 10.5. The fourth-order valence-electron chi connectivity index (χ4n) is 0.579. The van der Waals surface area contributed by atoms with Crippen LogP contribution >= 0.6 is 7.14 Å². The second-order valence-electron chi connectivity index (χ2n) is 2.54. The molecule has 0 aromatic carbocycles. The molecule has 0 saturated heterocycles. The summed E-state index contributed by atoms with van der Waals surface area (Å²) in [5.74, 6) is 2.78. The average molecular weight is 170 g/mol. The van der Waals surface area contributed by atoms with E-state index in [0.717, 1.165) is 5.57 Å². The first-order valence-electron chi connectivity index (χ1n) is 3.81. The quantitative estimate of drug-likeness (QED) is 0.460. The number of rotatable bonds is 2. The molecule has 0 aliphatic rings. The highest BCUT2D eigenvalue weighted by Crippen LogP contribution is 2.42. The summed E-state index contributed by atoms with van der Waals surface area (Å²) in [5.41, 5.74) is 3.59. The largest absolute Gasteiger partial charge is 0.310 e. The number of hydrogen-bond acceptors (Lipinski definition) is 1. The molecule has 2 heteroatoms. The minimum Gasteiger partial charge on any atom is -0.310 e. The van der Waals surface area contributed by atoms with Crippen molar-refractivity contribution in [2.45, 2.75) is 20.8 Å². The van der Waals surface area contributed by atoms with E-state index in [4.69, 9.17) is 0 Å². The molecule has 0 aromatic rings. The van der Waals surface area contributed by atoms with Crippen molar-refractivity contribution in [1.82, 2.24) is 0 Å². The van der Waals surface area contributed by atoms with Crippen molar-refractivity contribution in [2.75, 3.05) is 12.3 Å². The first-order chi connectivity index (χ1) is 5.04. The SMILES string of the molecule is C=C(C)C#CP(=O)(CC)CC. The van der Waals surface area contributed by atoms with Crippen LogP contribution in [0, 0.1) is 11.6 Å². The monoisotopic (exact) mass is 170 g/mol. The van der Waals surface area contributed by atoms with E-state index in [-0.39, 0.29) is 0 Å². The van der Waals surface area contributed by atoms with E-state index in [1.807, 2.05) is 20.8 Å². The number of allylic oxidation sites excluding steroid dienone is 1. The van der Waals surface area contributed by atoms with Crippen LogP contribution in [-0.4, -0.2) is 12.3 Å². The van der Waals surface area contributed by atoms with Crippen LogP contribution in [0.2, 0.25) is 0 Å². The molecule has 62 valence electrons. The molecule has 0 aromatic heterocycles. The standard InChI is InChI=1S/C9H15OP/c1-5-11(10,6-2)8-7-9(3)4/h3,5-6H2,1-2,4H3. The molecule has 0 radical (unpaired) electrons. The Morgan fingerprint density at radius 1 is 1.45 bits per heavy atom.